The predicted octanol–water partition coefficient (Wildman–Crippen LogP) is 2.23. The van der Waals surface area contributed by atoms with Crippen LogP contribution in [0.2, 0.25) is 0 Å². The van der Waals surface area contributed by atoms with Crippen LogP contribution in [-0.4, -0.2) is 49.8 Å². The number of hydrogen-bond donors (Lipinski definition) is 6. The molecular formula is C32H39N3O6. The molecule has 3 atom stereocenters. The summed E-state index contributed by atoms with van der Waals surface area (Å²) in [6.45, 7) is 4.39. The van der Waals surface area contributed by atoms with E-state index in [1.165, 1.54) is 20.8 Å². The third-order valence-corrected chi connectivity index (χ3v) is 5.70. The first-order valence-electron chi connectivity index (χ1n) is 12.4. The molecule has 0 radical (unpaired) electrons. The van der Waals surface area contributed by atoms with Crippen molar-refractivity contribution in [1.82, 2.24) is 0 Å². The molecule has 0 spiro atoms. The number of terminal acetylenes is 3. The van der Waals surface area contributed by atoms with E-state index >= 15 is 0 Å². The summed E-state index contributed by atoms with van der Waals surface area (Å²) in [5.74, 6) is 4.21. The third-order valence-electron chi connectivity index (χ3n) is 5.70. The van der Waals surface area contributed by atoms with Gasteiger partial charge in [-0.2, -0.15) is 0 Å². The monoisotopic (exact) mass is 561 g/mol. The fourth-order valence-corrected chi connectivity index (χ4v) is 3.15. The summed E-state index contributed by atoms with van der Waals surface area (Å²) in [6, 6.07) is 15.0. The molecule has 0 saturated heterocycles. The molecule has 0 aromatic heterocycles. The smallest absolute Gasteiger partial charge is 0.324 e. The lowest BCUT2D eigenvalue weighted by Crippen LogP contribution is -2.46. The highest BCUT2D eigenvalue weighted by Gasteiger charge is 2.29. The summed E-state index contributed by atoms with van der Waals surface area (Å²) in [5.41, 5.74) is 16.6. The van der Waals surface area contributed by atoms with Crippen LogP contribution in [0.5, 0.6) is 0 Å². The van der Waals surface area contributed by atoms with E-state index in [4.69, 9.17) is 51.8 Å². The van der Waals surface area contributed by atoms with E-state index in [2.05, 4.69) is 17.8 Å². The van der Waals surface area contributed by atoms with Gasteiger partial charge < -0.3 is 32.5 Å². The second kappa shape index (κ2) is 16.5. The maximum Gasteiger partial charge on any atom is 0.324 e. The predicted molar refractivity (Wildman–Crippen MR) is 160 cm³/mol. The number of aliphatic carboxylic acids is 3. The van der Waals surface area contributed by atoms with E-state index in [0.29, 0.717) is 25.7 Å². The Labute approximate surface area is 242 Å². The molecular weight excluding hydrogens is 522 g/mol. The van der Waals surface area contributed by atoms with Crippen molar-refractivity contribution < 1.29 is 29.7 Å². The highest BCUT2D eigenvalue weighted by Crippen LogP contribution is 2.14. The summed E-state index contributed by atoms with van der Waals surface area (Å²) in [6.07, 6.45) is 17.0. The number of nitrogens with two attached hydrogens (primary N) is 3. The zero-order valence-corrected chi connectivity index (χ0v) is 23.7. The Hall–Kier alpha value is -4.59. The average Bonchev–Trinajstić information content (AvgIpc) is 2.86. The highest BCUT2D eigenvalue weighted by molar-refractivity contribution is 5.79. The van der Waals surface area contributed by atoms with E-state index in [9.17, 15) is 14.4 Å². The normalized spacial score (nSPS) is 14.2. The molecule has 0 amide bonds. The summed E-state index contributed by atoms with van der Waals surface area (Å²) in [4.78, 5) is 31.9. The zero-order valence-electron chi connectivity index (χ0n) is 23.7. The van der Waals surface area contributed by atoms with Crippen molar-refractivity contribution in [3.05, 3.63) is 70.8 Å². The van der Waals surface area contributed by atoms with Crippen molar-refractivity contribution in [2.75, 3.05) is 0 Å². The molecule has 2 aromatic carbocycles. The Morgan fingerprint density at radius 1 is 0.634 bits per heavy atom. The summed E-state index contributed by atoms with van der Waals surface area (Å²) >= 11 is 0. The molecule has 0 aliphatic carbocycles. The number of hydrogen-bond acceptors (Lipinski definition) is 6. The van der Waals surface area contributed by atoms with Crippen molar-refractivity contribution in [1.29, 1.82) is 0 Å². The molecule has 2 rings (SSSR count). The van der Waals surface area contributed by atoms with E-state index in [1.54, 1.807) is 0 Å². The topological polar surface area (TPSA) is 190 Å². The van der Waals surface area contributed by atoms with Gasteiger partial charge in [-0.15, -0.1) is 37.0 Å². The van der Waals surface area contributed by atoms with Gasteiger partial charge in [-0.1, -0.05) is 48.5 Å². The van der Waals surface area contributed by atoms with Crippen molar-refractivity contribution >= 4 is 17.9 Å². The van der Waals surface area contributed by atoms with Crippen molar-refractivity contribution in [3.63, 3.8) is 0 Å². The lowest BCUT2D eigenvalue weighted by atomic mass is 9.93. The summed E-state index contributed by atoms with van der Waals surface area (Å²) in [7, 11) is 0. The molecule has 0 heterocycles. The number of carbonyl (C=O) groups is 3. The Morgan fingerprint density at radius 3 is 1.41 bits per heavy atom. The maximum atomic E-state index is 10.9. The van der Waals surface area contributed by atoms with Gasteiger partial charge in [-0.05, 0) is 43.0 Å². The van der Waals surface area contributed by atoms with E-state index in [1.807, 2.05) is 48.5 Å². The second-order valence-electron chi connectivity index (χ2n) is 10.3. The first kappa shape index (κ1) is 36.4. The van der Waals surface area contributed by atoms with Crippen LogP contribution >= 0.6 is 0 Å². The Bertz CT molecular complexity index is 1310. The minimum Gasteiger partial charge on any atom is -0.480 e. The van der Waals surface area contributed by atoms with Crippen LogP contribution in [0.1, 0.15) is 49.4 Å². The minimum atomic E-state index is -1.27. The van der Waals surface area contributed by atoms with Gasteiger partial charge in [0.05, 0.1) is 0 Å². The van der Waals surface area contributed by atoms with Gasteiger partial charge in [0.2, 0.25) is 0 Å². The molecule has 0 aliphatic rings. The molecule has 41 heavy (non-hydrogen) atoms. The van der Waals surface area contributed by atoms with Crippen LogP contribution in [0.25, 0.3) is 0 Å². The van der Waals surface area contributed by atoms with Gasteiger partial charge in [0.1, 0.15) is 16.6 Å². The zero-order chi connectivity index (χ0) is 31.9. The molecule has 0 aliphatic heterocycles. The first-order chi connectivity index (χ1) is 18.9. The fourth-order valence-electron chi connectivity index (χ4n) is 3.15. The van der Waals surface area contributed by atoms with Crippen LogP contribution in [-0.2, 0) is 40.1 Å². The minimum absolute atomic E-state index is 0.0579. The van der Waals surface area contributed by atoms with Crippen LogP contribution in [0.3, 0.4) is 0 Å². The lowest BCUT2D eigenvalue weighted by Gasteiger charge is -2.19. The van der Waals surface area contributed by atoms with E-state index in [-0.39, 0.29) is 6.42 Å². The number of rotatable bonds is 10. The Balaban J connectivity index is 0.000000612. The molecule has 0 bridgehead atoms. The van der Waals surface area contributed by atoms with Gasteiger partial charge in [-0.3, -0.25) is 14.4 Å². The van der Waals surface area contributed by atoms with Crippen LogP contribution < -0.4 is 17.2 Å². The fraction of sp³-hybridized carbons (Fsp3) is 0.344. The highest BCUT2D eigenvalue weighted by atomic mass is 16.4. The van der Waals surface area contributed by atoms with Crippen LogP contribution in [0, 0.1) is 37.0 Å². The van der Waals surface area contributed by atoms with Gasteiger partial charge in [0.25, 0.3) is 0 Å². The van der Waals surface area contributed by atoms with Gasteiger partial charge in [-0.25, -0.2) is 0 Å². The molecule has 2 aromatic rings. The lowest BCUT2D eigenvalue weighted by molar-refractivity contribution is -0.143. The average molecular weight is 562 g/mol. The van der Waals surface area contributed by atoms with Crippen molar-refractivity contribution in [2.24, 2.45) is 17.2 Å². The number of carboxylic acid groups (broad SMARTS) is 3. The quantitative estimate of drug-likeness (QED) is 0.236. The molecule has 9 nitrogen and oxygen atoms in total. The molecule has 0 saturated carbocycles. The first-order valence-corrected chi connectivity index (χ1v) is 12.4. The van der Waals surface area contributed by atoms with Crippen LogP contribution in [0.4, 0.5) is 0 Å². The third kappa shape index (κ3) is 13.9. The molecule has 9 heteroatoms. The van der Waals surface area contributed by atoms with Gasteiger partial charge >= 0.3 is 17.9 Å². The second-order valence-corrected chi connectivity index (χ2v) is 10.3. The van der Waals surface area contributed by atoms with Gasteiger partial charge in [0.15, 0.2) is 0 Å². The largest absolute Gasteiger partial charge is 0.480 e. The SMILES string of the molecule is C#CCC(C)(N)C(=O)O.C#CCc1ccc(CC(C)(N)C(=O)O)cc1.C#CCc1cccc(CC(C)(N)C(=O)O)c1. The molecule has 9 N–H and O–H groups in total. The standard InChI is InChI=1S/2C13H15NO2.C6H9NO2/c1-3-5-10-6-4-7-11(8-10)9-13(2,14)12(15)16;1-3-4-10-5-7-11(8-6-10)9-13(2,14)12(15)16;1-3-4-6(2,7)5(8)9/h1,4,6-8H,5,9,14H2,2H3,(H,15,16);1,5-8H,4,9,14H2,2H3,(H,15,16);1H,4,7H2,2H3,(H,8,9). The Morgan fingerprint density at radius 2 is 1.02 bits per heavy atom. The molecule has 0 fully saturated rings. The molecule has 218 valence electrons. The number of benzene rings is 2. The van der Waals surface area contributed by atoms with Crippen molar-refractivity contribution in [2.45, 2.75) is 69.5 Å². The summed E-state index contributed by atoms with van der Waals surface area (Å²) < 4.78 is 0. The van der Waals surface area contributed by atoms with Crippen LogP contribution in [0.15, 0.2) is 48.5 Å². The number of carboxylic acids is 3. The van der Waals surface area contributed by atoms with E-state index in [0.717, 1.165) is 22.3 Å². The van der Waals surface area contributed by atoms with Gasteiger partial charge in [0, 0.05) is 32.1 Å². The Kier molecular flexibility index (Phi) is 14.7. The summed E-state index contributed by atoms with van der Waals surface area (Å²) in [5, 5.41) is 26.2. The molecule has 3 unspecified atom stereocenters. The maximum absolute atomic E-state index is 10.9. The van der Waals surface area contributed by atoms with Crippen molar-refractivity contribution in [3.8, 4) is 37.0 Å². The van der Waals surface area contributed by atoms with E-state index < -0.39 is 34.5 Å².